The molecule has 0 aromatic carbocycles. The summed E-state index contributed by atoms with van der Waals surface area (Å²) in [6.45, 7) is 3.84. The molecule has 1 saturated heterocycles. The van der Waals surface area contributed by atoms with Gasteiger partial charge >= 0.3 is 0 Å². The first-order chi connectivity index (χ1) is 33.3. The van der Waals surface area contributed by atoms with E-state index in [0.717, 1.165) is 38.5 Å². The van der Waals surface area contributed by atoms with Crippen LogP contribution in [0.1, 0.15) is 316 Å². The van der Waals surface area contributed by atoms with Crippen molar-refractivity contribution in [2.24, 2.45) is 0 Å². The highest BCUT2D eigenvalue weighted by Gasteiger charge is 2.44. The third-order valence-electron chi connectivity index (χ3n) is 15.0. The van der Waals surface area contributed by atoms with E-state index in [0.29, 0.717) is 12.8 Å². The number of carbonyl (C=O) groups is 1. The Morgan fingerprint density at radius 2 is 0.735 bits per heavy atom. The topological polar surface area (TPSA) is 149 Å². The number of amides is 1. The van der Waals surface area contributed by atoms with Crippen LogP contribution in [0.5, 0.6) is 0 Å². The summed E-state index contributed by atoms with van der Waals surface area (Å²) in [5.41, 5.74) is 0. The number of rotatable bonds is 53. The van der Waals surface area contributed by atoms with Crippen LogP contribution in [0.4, 0.5) is 0 Å². The molecule has 0 bridgehead atoms. The molecular weight excluding hydrogens is 851 g/mol. The Hall–Kier alpha value is -0.810. The fourth-order valence-corrected chi connectivity index (χ4v) is 10.2. The summed E-state index contributed by atoms with van der Waals surface area (Å²) in [5, 5.41) is 54.4. The van der Waals surface area contributed by atoms with E-state index in [4.69, 9.17) is 9.47 Å². The van der Waals surface area contributed by atoms with Crippen molar-refractivity contribution in [3.8, 4) is 0 Å². The maximum atomic E-state index is 13.0. The van der Waals surface area contributed by atoms with E-state index in [1.807, 2.05) is 0 Å². The van der Waals surface area contributed by atoms with Crippen molar-refractivity contribution < 1.29 is 39.8 Å². The Kier molecular flexibility index (Phi) is 47.7. The molecule has 1 heterocycles. The molecule has 7 unspecified atom stereocenters. The minimum Gasteiger partial charge on any atom is -0.394 e. The average molecular weight is 969 g/mol. The predicted molar refractivity (Wildman–Crippen MR) is 286 cm³/mol. The van der Waals surface area contributed by atoms with Gasteiger partial charge in [0.05, 0.1) is 25.4 Å². The Balaban J connectivity index is 1.98. The van der Waals surface area contributed by atoms with E-state index < -0.39 is 49.5 Å². The first-order valence-electron chi connectivity index (χ1n) is 30.2. The quantitative estimate of drug-likeness (QED) is 0.0330. The largest absolute Gasteiger partial charge is 0.394 e. The molecule has 0 radical (unpaired) electrons. The summed E-state index contributed by atoms with van der Waals surface area (Å²) >= 11 is 0. The van der Waals surface area contributed by atoms with Crippen LogP contribution in [0.3, 0.4) is 0 Å². The highest BCUT2D eigenvalue weighted by atomic mass is 16.7. The Bertz CT molecular complexity index is 1030. The Morgan fingerprint density at radius 3 is 1.04 bits per heavy atom. The lowest BCUT2D eigenvalue weighted by atomic mass is 9.99. The minimum absolute atomic E-state index is 0.132. The van der Waals surface area contributed by atoms with Gasteiger partial charge in [0.2, 0.25) is 5.91 Å². The zero-order valence-electron chi connectivity index (χ0n) is 45.2. The number of aliphatic hydroxyl groups is 5. The van der Waals surface area contributed by atoms with Gasteiger partial charge in [0.15, 0.2) is 6.29 Å². The highest BCUT2D eigenvalue weighted by molar-refractivity contribution is 5.76. The summed E-state index contributed by atoms with van der Waals surface area (Å²) in [5.74, 6) is -0.139. The molecule has 1 aliphatic heterocycles. The number of aliphatic hydroxyl groups excluding tert-OH is 5. The van der Waals surface area contributed by atoms with Crippen LogP contribution in [0, 0.1) is 0 Å². The van der Waals surface area contributed by atoms with Crippen LogP contribution in [0.2, 0.25) is 0 Å². The molecule has 1 rings (SSSR count). The Morgan fingerprint density at radius 1 is 0.441 bits per heavy atom. The number of hydrogen-bond donors (Lipinski definition) is 6. The standard InChI is InChI=1S/C59H117NO8/c1-3-5-7-9-11-13-14-15-16-17-18-19-20-21-22-23-24-25-26-27-28-29-30-31-32-33-34-35-36-37-38-39-41-43-45-47-49-55(63)60-52(53(62)48-46-44-42-40-12-10-8-6-4-2)51-67-59-58(66)57(65)56(64)54(50-61)68-59/h52-54,56-59,61-62,64-66H,3-51H2,1-2H3,(H,60,63). The molecule has 9 heteroatoms. The molecule has 406 valence electrons. The van der Waals surface area contributed by atoms with E-state index in [9.17, 15) is 30.3 Å². The summed E-state index contributed by atoms with van der Waals surface area (Å²) < 4.78 is 11.3. The van der Waals surface area contributed by atoms with Crippen LogP contribution in [0.25, 0.3) is 0 Å². The van der Waals surface area contributed by atoms with Gasteiger partial charge in [-0.3, -0.25) is 4.79 Å². The summed E-state index contributed by atoms with van der Waals surface area (Å²) in [4.78, 5) is 13.0. The van der Waals surface area contributed by atoms with Crippen LogP contribution in [-0.2, 0) is 14.3 Å². The van der Waals surface area contributed by atoms with Crippen molar-refractivity contribution >= 4 is 5.91 Å². The molecule has 1 aliphatic rings. The minimum atomic E-state index is -1.55. The number of nitrogens with one attached hydrogen (secondary N) is 1. The lowest BCUT2D eigenvalue weighted by molar-refractivity contribution is -0.302. The van der Waals surface area contributed by atoms with Crippen molar-refractivity contribution in [1.29, 1.82) is 0 Å². The maximum absolute atomic E-state index is 13.0. The molecule has 1 amide bonds. The molecule has 6 N–H and O–H groups in total. The van der Waals surface area contributed by atoms with Gasteiger partial charge in [0.1, 0.15) is 24.4 Å². The summed E-state index contributed by atoms with van der Waals surface area (Å²) in [6, 6.07) is -0.711. The van der Waals surface area contributed by atoms with Crippen molar-refractivity contribution in [3.05, 3.63) is 0 Å². The molecule has 0 aromatic heterocycles. The van der Waals surface area contributed by atoms with E-state index >= 15 is 0 Å². The number of ether oxygens (including phenoxy) is 2. The second kappa shape index (κ2) is 49.8. The molecule has 7 atom stereocenters. The molecule has 1 fully saturated rings. The highest BCUT2D eigenvalue weighted by Crippen LogP contribution is 2.23. The fraction of sp³-hybridized carbons (Fsp3) is 0.983. The molecule has 0 saturated carbocycles. The van der Waals surface area contributed by atoms with E-state index in [1.54, 1.807) is 0 Å². The average Bonchev–Trinajstić information content (AvgIpc) is 3.34. The molecule has 0 aromatic rings. The van der Waals surface area contributed by atoms with Gasteiger partial charge in [-0.15, -0.1) is 0 Å². The predicted octanol–water partition coefficient (Wildman–Crippen LogP) is 15.0. The second-order valence-corrected chi connectivity index (χ2v) is 21.5. The van der Waals surface area contributed by atoms with Gasteiger partial charge in [-0.05, 0) is 12.8 Å². The first kappa shape index (κ1) is 65.2. The smallest absolute Gasteiger partial charge is 0.220 e. The van der Waals surface area contributed by atoms with E-state index in [1.165, 1.54) is 250 Å². The first-order valence-corrected chi connectivity index (χ1v) is 30.2. The lowest BCUT2D eigenvalue weighted by Gasteiger charge is -2.40. The summed E-state index contributed by atoms with van der Waals surface area (Å²) in [7, 11) is 0. The fourth-order valence-electron chi connectivity index (χ4n) is 10.2. The SMILES string of the molecule is CCCCCCCCCCCCCCCCCCCCCCCCCCCCCCCCCCCCCCC(=O)NC(COC1OC(CO)C(O)C(O)C1O)C(O)CCCCCCCCCCC. The lowest BCUT2D eigenvalue weighted by Crippen LogP contribution is -2.60. The van der Waals surface area contributed by atoms with Gasteiger partial charge in [0, 0.05) is 6.42 Å². The van der Waals surface area contributed by atoms with Crippen LogP contribution in [-0.4, -0.2) is 87.5 Å². The Labute approximate surface area is 421 Å². The van der Waals surface area contributed by atoms with Gasteiger partial charge in [-0.2, -0.15) is 0 Å². The molecule has 0 spiro atoms. The zero-order valence-corrected chi connectivity index (χ0v) is 45.2. The van der Waals surface area contributed by atoms with Crippen molar-refractivity contribution in [2.45, 2.75) is 358 Å². The van der Waals surface area contributed by atoms with Gasteiger partial charge < -0.3 is 40.3 Å². The van der Waals surface area contributed by atoms with Crippen LogP contribution >= 0.6 is 0 Å². The van der Waals surface area contributed by atoms with E-state index in [2.05, 4.69) is 19.2 Å². The van der Waals surface area contributed by atoms with Crippen molar-refractivity contribution in [2.75, 3.05) is 13.2 Å². The number of hydrogen-bond acceptors (Lipinski definition) is 8. The van der Waals surface area contributed by atoms with Crippen molar-refractivity contribution in [1.82, 2.24) is 5.32 Å². The molecule has 68 heavy (non-hydrogen) atoms. The van der Waals surface area contributed by atoms with Crippen LogP contribution < -0.4 is 5.32 Å². The van der Waals surface area contributed by atoms with Gasteiger partial charge in [-0.25, -0.2) is 0 Å². The number of unbranched alkanes of at least 4 members (excludes halogenated alkanes) is 43. The zero-order chi connectivity index (χ0) is 49.4. The molecule has 9 nitrogen and oxygen atoms in total. The van der Waals surface area contributed by atoms with Crippen molar-refractivity contribution in [3.63, 3.8) is 0 Å². The molecule has 0 aliphatic carbocycles. The summed E-state index contributed by atoms with van der Waals surface area (Å²) in [6.07, 6.45) is 53.4. The third kappa shape index (κ3) is 38.8. The van der Waals surface area contributed by atoms with E-state index in [-0.39, 0.29) is 12.5 Å². The maximum Gasteiger partial charge on any atom is 0.220 e. The second-order valence-electron chi connectivity index (χ2n) is 21.5. The third-order valence-corrected chi connectivity index (χ3v) is 15.0. The van der Waals surface area contributed by atoms with Gasteiger partial charge in [-0.1, -0.05) is 296 Å². The normalized spacial score (nSPS) is 19.4. The van der Waals surface area contributed by atoms with Gasteiger partial charge in [0.25, 0.3) is 0 Å². The van der Waals surface area contributed by atoms with Crippen LogP contribution in [0.15, 0.2) is 0 Å². The molecular formula is C59H117NO8. The number of carbonyl (C=O) groups excluding carboxylic acids is 1. The monoisotopic (exact) mass is 968 g/mol.